The van der Waals surface area contributed by atoms with E-state index in [2.05, 4.69) is 0 Å². The molecular formula is C10H15F3N2O2+2. The van der Waals surface area contributed by atoms with Crippen LogP contribution in [0.3, 0.4) is 0 Å². The van der Waals surface area contributed by atoms with Crippen molar-refractivity contribution in [2.24, 2.45) is 7.05 Å². The number of nitrogens with zero attached hydrogens (tertiary/aromatic N) is 1. The number of pyridine rings is 1. The zero-order chi connectivity index (χ0) is 13.4. The molecule has 1 aromatic rings. The zero-order valence-electron chi connectivity index (χ0n) is 9.71. The molecule has 0 spiro atoms. The van der Waals surface area contributed by atoms with E-state index in [1.165, 1.54) is 31.8 Å². The van der Waals surface area contributed by atoms with Crippen LogP contribution in [0, 0.1) is 6.92 Å². The van der Waals surface area contributed by atoms with Crippen LogP contribution in [0.2, 0.25) is 0 Å². The van der Waals surface area contributed by atoms with Gasteiger partial charge in [0.1, 0.15) is 12.6 Å². The van der Waals surface area contributed by atoms with Crippen molar-refractivity contribution >= 4 is 0 Å². The van der Waals surface area contributed by atoms with Crippen LogP contribution in [0.4, 0.5) is 13.2 Å². The van der Waals surface area contributed by atoms with Crippen LogP contribution in [0.5, 0.6) is 11.5 Å². The Kier molecular flexibility index (Phi) is 3.51. The Morgan fingerprint density at radius 1 is 1.29 bits per heavy atom. The van der Waals surface area contributed by atoms with E-state index in [4.69, 9.17) is 0 Å². The Hall–Kier alpha value is -1.50. The number of aromatic nitrogens is 1. The molecule has 0 aromatic carbocycles. The SMILES string of the molecule is C[NH2+]C(c1c[n+](C)c(C)c(O)c1O)C(F)(F)F. The second-order valence-corrected chi connectivity index (χ2v) is 3.83. The molecule has 17 heavy (non-hydrogen) atoms. The van der Waals surface area contributed by atoms with E-state index in [0.717, 1.165) is 5.32 Å². The highest BCUT2D eigenvalue weighted by molar-refractivity contribution is 5.44. The van der Waals surface area contributed by atoms with Gasteiger partial charge in [0, 0.05) is 6.92 Å². The second kappa shape index (κ2) is 4.40. The minimum atomic E-state index is -4.50. The molecule has 0 fully saturated rings. The maximum Gasteiger partial charge on any atom is 0.446 e. The van der Waals surface area contributed by atoms with Crippen molar-refractivity contribution in [1.29, 1.82) is 0 Å². The smallest absolute Gasteiger partial charge is 0.446 e. The van der Waals surface area contributed by atoms with Gasteiger partial charge in [-0.1, -0.05) is 0 Å². The van der Waals surface area contributed by atoms with Crippen molar-refractivity contribution in [2.75, 3.05) is 7.05 Å². The van der Waals surface area contributed by atoms with E-state index in [9.17, 15) is 23.4 Å². The third-order valence-corrected chi connectivity index (χ3v) is 2.72. The Morgan fingerprint density at radius 2 is 1.82 bits per heavy atom. The van der Waals surface area contributed by atoms with Gasteiger partial charge >= 0.3 is 6.18 Å². The van der Waals surface area contributed by atoms with E-state index < -0.39 is 23.7 Å². The number of rotatable bonds is 2. The average molecular weight is 252 g/mol. The van der Waals surface area contributed by atoms with Gasteiger partial charge in [-0.2, -0.15) is 13.2 Å². The standard InChI is InChI=1S/C10H13F3N2O2/c1-5-7(16)8(17)6(4-15(5)3)9(14-2)10(11,12)13/h4,9,14,16H,1-3H3/p+2. The molecule has 0 aliphatic carbocycles. The van der Waals surface area contributed by atoms with Gasteiger partial charge in [0.2, 0.25) is 17.5 Å². The van der Waals surface area contributed by atoms with Crippen molar-refractivity contribution in [3.63, 3.8) is 0 Å². The maximum atomic E-state index is 12.7. The lowest BCUT2D eigenvalue weighted by molar-refractivity contribution is -0.704. The van der Waals surface area contributed by atoms with Gasteiger partial charge < -0.3 is 15.5 Å². The van der Waals surface area contributed by atoms with Gasteiger partial charge in [-0.05, 0) is 0 Å². The van der Waals surface area contributed by atoms with Crippen molar-refractivity contribution in [3.05, 3.63) is 17.5 Å². The third kappa shape index (κ3) is 2.44. The van der Waals surface area contributed by atoms with E-state index >= 15 is 0 Å². The van der Waals surface area contributed by atoms with Crippen molar-refractivity contribution in [1.82, 2.24) is 0 Å². The van der Waals surface area contributed by atoms with Crippen LogP contribution in [0.15, 0.2) is 6.20 Å². The Bertz CT molecular complexity index is 433. The van der Waals surface area contributed by atoms with Crippen LogP contribution in [0.25, 0.3) is 0 Å². The number of alkyl halides is 3. The molecule has 4 N–H and O–H groups in total. The van der Waals surface area contributed by atoms with Gasteiger partial charge in [0.05, 0.1) is 7.05 Å². The number of quaternary nitrogens is 1. The summed E-state index contributed by atoms with van der Waals surface area (Å²) < 4.78 is 39.5. The summed E-state index contributed by atoms with van der Waals surface area (Å²) in [5.41, 5.74) is -0.0612. The number of nitrogens with two attached hydrogens (primary N) is 1. The summed E-state index contributed by atoms with van der Waals surface area (Å²) in [6, 6.07) is -1.90. The number of halogens is 3. The van der Waals surface area contributed by atoms with E-state index in [1.807, 2.05) is 0 Å². The van der Waals surface area contributed by atoms with Gasteiger partial charge in [0.15, 0.2) is 11.9 Å². The zero-order valence-corrected chi connectivity index (χ0v) is 9.71. The summed E-state index contributed by atoms with van der Waals surface area (Å²) >= 11 is 0. The molecule has 4 nitrogen and oxygen atoms in total. The second-order valence-electron chi connectivity index (χ2n) is 3.83. The van der Waals surface area contributed by atoms with Gasteiger partial charge in [-0.25, -0.2) is 4.57 Å². The summed E-state index contributed by atoms with van der Waals surface area (Å²) in [5, 5.41) is 20.0. The molecule has 96 valence electrons. The molecule has 0 radical (unpaired) electrons. The Morgan fingerprint density at radius 3 is 2.24 bits per heavy atom. The van der Waals surface area contributed by atoms with Crippen molar-refractivity contribution < 1.29 is 33.3 Å². The summed E-state index contributed by atoms with van der Waals surface area (Å²) in [7, 11) is 2.76. The van der Waals surface area contributed by atoms with Gasteiger partial charge in [0.25, 0.3) is 0 Å². The fraction of sp³-hybridized carbons (Fsp3) is 0.500. The van der Waals surface area contributed by atoms with Gasteiger partial charge in [-0.3, -0.25) is 0 Å². The molecule has 0 saturated heterocycles. The molecule has 1 aromatic heterocycles. The van der Waals surface area contributed by atoms with E-state index in [1.54, 1.807) is 0 Å². The van der Waals surface area contributed by atoms with E-state index in [0.29, 0.717) is 5.69 Å². The largest absolute Gasteiger partial charge is 0.504 e. The van der Waals surface area contributed by atoms with Crippen LogP contribution in [0.1, 0.15) is 17.3 Å². The van der Waals surface area contributed by atoms with Crippen molar-refractivity contribution in [3.8, 4) is 11.5 Å². The molecule has 1 unspecified atom stereocenters. The normalized spacial score (nSPS) is 13.8. The number of hydrogen-bond acceptors (Lipinski definition) is 2. The predicted molar refractivity (Wildman–Crippen MR) is 52.3 cm³/mol. The molecule has 0 aliphatic rings. The highest BCUT2D eigenvalue weighted by Gasteiger charge is 2.47. The molecule has 1 rings (SSSR count). The maximum absolute atomic E-state index is 12.7. The predicted octanol–water partition coefficient (Wildman–Crippen LogP) is 0.0273. The topological polar surface area (TPSA) is 61.0 Å². The number of aryl methyl sites for hydroxylation is 1. The monoisotopic (exact) mass is 252 g/mol. The minimum Gasteiger partial charge on any atom is -0.504 e. The first-order chi connectivity index (χ1) is 7.70. The molecule has 0 aliphatic heterocycles. The lowest BCUT2D eigenvalue weighted by Crippen LogP contribution is -2.84. The first-order valence-electron chi connectivity index (χ1n) is 4.97. The van der Waals surface area contributed by atoms with E-state index in [-0.39, 0.29) is 5.56 Å². The molecule has 1 heterocycles. The quantitative estimate of drug-likeness (QED) is 0.650. The highest BCUT2D eigenvalue weighted by Crippen LogP contribution is 2.38. The summed E-state index contributed by atoms with van der Waals surface area (Å²) in [4.78, 5) is 0. The summed E-state index contributed by atoms with van der Waals surface area (Å²) in [6.45, 7) is 1.50. The number of aromatic hydroxyl groups is 2. The molecular weight excluding hydrogens is 237 g/mol. The fourth-order valence-electron chi connectivity index (χ4n) is 1.61. The summed E-state index contributed by atoms with van der Waals surface area (Å²) in [6.07, 6.45) is -3.33. The van der Waals surface area contributed by atoms with Crippen LogP contribution in [-0.4, -0.2) is 23.4 Å². The minimum absolute atomic E-state index is 0.295. The lowest BCUT2D eigenvalue weighted by Gasteiger charge is -2.17. The average Bonchev–Trinajstić information content (AvgIpc) is 2.21. The first-order valence-corrected chi connectivity index (χ1v) is 4.97. The van der Waals surface area contributed by atoms with Crippen LogP contribution in [-0.2, 0) is 7.05 Å². The third-order valence-electron chi connectivity index (χ3n) is 2.72. The Balaban J connectivity index is 3.41. The molecule has 0 bridgehead atoms. The molecule has 1 atom stereocenters. The highest BCUT2D eigenvalue weighted by atomic mass is 19.4. The van der Waals surface area contributed by atoms with Crippen molar-refractivity contribution in [2.45, 2.75) is 19.1 Å². The van der Waals surface area contributed by atoms with Crippen LogP contribution < -0.4 is 9.88 Å². The van der Waals surface area contributed by atoms with Gasteiger partial charge in [-0.15, -0.1) is 0 Å². The first kappa shape index (κ1) is 13.6. The van der Waals surface area contributed by atoms with Crippen LogP contribution >= 0.6 is 0 Å². The summed E-state index contributed by atoms with van der Waals surface area (Å²) in [5.74, 6) is -1.25. The lowest BCUT2D eigenvalue weighted by atomic mass is 10.1. The molecule has 0 saturated carbocycles. The Labute approximate surface area is 96.3 Å². The number of hydrogen-bond donors (Lipinski definition) is 3. The molecule has 7 heteroatoms. The fourth-order valence-corrected chi connectivity index (χ4v) is 1.61. The molecule has 0 amide bonds.